The van der Waals surface area contributed by atoms with Gasteiger partial charge in [-0.3, -0.25) is 9.59 Å². The number of carboxylic acid groups (broad SMARTS) is 2. The topological polar surface area (TPSA) is 115 Å². The van der Waals surface area contributed by atoms with Crippen LogP contribution < -0.4 is 0 Å². The Morgan fingerprint density at radius 1 is 0.720 bits per heavy atom. The van der Waals surface area contributed by atoms with Crippen molar-refractivity contribution in [1.29, 1.82) is 0 Å². The van der Waals surface area contributed by atoms with Gasteiger partial charge in [0.25, 0.3) is 0 Å². The number of unbranched alkanes of at least 4 members (excludes halogenated alkanes) is 2. The Bertz CT molecular complexity index is 258. The predicted octanol–water partition coefficient (Wildman–Crippen LogP) is 3.94. The summed E-state index contributed by atoms with van der Waals surface area (Å²) in [5.74, 6) is -0.622. The zero-order valence-corrected chi connectivity index (χ0v) is 16.5. The fraction of sp³-hybridized carbons (Fsp3) is 0.895. The van der Waals surface area contributed by atoms with E-state index in [1.807, 2.05) is 13.8 Å². The Morgan fingerprint density at radius 3 is 1.16 bits per heavy atom. The largest absolute Gasteiger partial charge is 0.481 e. The molecule has 0 fully saturated rings. The molecule has 0 radical (unpaired) electrons. The SMILES string of the molecule is CCC(CO)CC(CC)CO.CCCCC(=O)O.CCCCC(=O)O. The third kappa shape index (κ3) is 28.0. The second-order valence-electron chi connectivity index (χ2n) is 6.14. The van der Waals surface area contributed by atoms with E-state index < -0.39 is 11.9 Å². The zero-order valence-electron chi connectivity index (χ0n) is 16.5. The van der Waals surface area contributed by atoms with Crippen molar-refractivity contribution in [3.63, 3.8) is 0 Å². The molecule has 0 aliphatic carbocycles. The van der Waals surface area contributed by atoms with Crippen LogP contribution in [0.25, 0.3) is 0 Å². The molecule has 0 aromatic carbocycles. The molecule has 4 N–H and O–H groups in total. The summed E-state index contributed by atoms with van der Waals surface area (Å²) in [5.41, 5.74) is 0. The van der Waals surface area contributed by atoms with Crippen molar-refractivity contribution in [1.82, 2.24) is 0 Å². The molecule has 6 nitrogen and oxygen atoms in total. The minimum absolute atomic E-state index is 0.257. The van der Waals surface area contributed by atoms with Crippen molar-refractivity contribution in [2.75, 3.05) is 13.2 Å². The predicted molar refractivity (Wildman–Crippen MR) is 101 cm³/mol. The first kappa shape index (κ1) is 28.7. The quantitative estimate of drug-likeness (QED) is 0.417. The molecule has 0 rings (SSSR count). The van der Waals surface area contributed by atoms with Crippen molar-refractivity contribution >= 4 is 11.9 Å². The van der Waals surface area contributed by atoms with Crippen LogP contribution in [-0.4, -0.2) is 45.6 Å². The van der Waals surface area contributed by atoms with Gasteiger partial charge < -0.3 is 20.4 Å². The van der Waals surface area contributed by atoms with Crippen molar-refractivity contribution < 1.29 is 30.0 Å². The average molecular weight is 365 g/mol. The lowest BCUT2D eigenvalue weighted by atomic mass is 9.92. The summed E-state index contributed by atoms with van der Waals surface area (Å²) >= 11 is 0. The normalized spacial score (nSPS) is 12.1. The Kier molecular flexibility index (Phi) is 26.2. The second kappa shape index (κ2) is 22.9. The first-order chi connectivity index (χ1) is 11.8. The Morgan fingerprint density at radius 2 is 1.04 bits per heavy atom. The molecule has 0 heterocycles. The molecule has 0 saturated heterocycles. The van der Waals surface area contributed by atoms with E-state index in [1.54, 1.807) is 0 Å². The number of aliphatic hydroxyl groups is 2. The molecule has 0 spiro atoms. The lowest BCUT2D eigenvalue weighted by Gasteiger charge is -2.17. The van der Waals surface area contributed by atoms with Crippen LogP contribution in [0.4, 0.5) is 0 Å². The molecule has 0 amide bonds. The Hall–Kier alpha value is -1.14. The molecule has 25 heavy (non-hydrogen) atoms. The van der Waals surface area contributed by atoms with E-state index in [0.717, 1.165) is 44.9 Å². The standard InChI is InChI=1S/C9H20O2.2C5H10O2/c1-3-8(6-10)5-9(4-2)7-11;2*1-2-3-4-5(6)7/h8-11H,3-7H2,1-2H3;2*2-4H2,1H3,(H,6,7). The minimum Gasteiger partial charge on any atom is -0.481 e. The van der Waals surface area contributed by atoms with E-state index in [0.29, 0.717) is 24.7 Å². The summed E-state index contributed by atoms with van der Waals surface area (Å²) in [7, 11) is 0. The molecule has 152 valence electrons. The molecular formula is C19H40O6. The van der Waals surface area contributed by atoms with Gasteiger partial charge in [-0.05, 0) is 31.1 Å². The maximum atomic E-state index is 9.76. The number of carboxylic acids is 2. The first-order valence-corrected chi connectivity index (χ1v) is 9.47. The summed E-state index contributed by atoms with van der Waals surface area (Å²) in [6.45, 7) is 8.61. The lowest BCUT2D eigenvalue weighted by molar-refractivity contribution is -0.138. The van der Waals surface area contributed by atoms with Crippen molar-refractivity contribution in [3.8, 4) is 0 Å². The van der Waals surface area contributed by atoms with Crippen LogP contribution >= 0.6 is 0 Å². The van der Waals surface area contributed by atoms with Gasteiger partial charge in [0, 0.05) is 26.1 Å². The summed E-state index contributed by atoms with van der Waals surface area (Å²) in [6.07, 6.45) is 7.14. The molecule has 0 bridgehead atoms. The third-order valence-corrected chi connectivity index (χ3v) is 3.83. The highest BCUT2D eigenvalue weighted by atomic mass is 16.4. The van der Waals surface area contributed by atoms with Gasteiger partial charge in [0.15, 0.2) is 0 Å². The number of aliphatic hydroxyl groups excluding tert-OH is 2. The van der Waals surface area contributed by atoms with Crippen molar-refractivity contribution in [2.24, 2.45) is 11.8 Å². The van der Waals surface area contributed by atoms with E-state index in [9.17, 15) is 9.59 Å². The van der Waals surface area contributed by atoms with Crippen LogP contribution in [0.2, 0.25) is 0 Å². The summed E-state index contributed by atoms with van der Waals surface area (Å²) < 4.78 is 0. The molecular weight excluding hydrogens is 324 g/mol. The average Bonchev–Trinajstić information content (AvgIpc) is 2.60. The smallest absolute Gasteiger partial charge is 0.303 e. The van der Waals surface area contributed by atoms with Crippen LogP contribution in [-0.2, 0) is 9.59 Å². The van der Waals surface area contributed by atoms with Gasteiger partial charge in [-0.2, -0.15) is 0 Å². The van der Waals surface area contributed by atoms with Crippen LogP contribution in [0.3, 0.4) is 0 Å². The van der Waals surface area contributed by atoms with Crippen LogP contribution in [0.5, 0.6) is 0 Å². The van der Waals surface area contributed by atoms with E-state index in [4.69, 9.17) is 20.4 Å². The lowest BCUT2D eigenvalue weighted by Crippen LogP contribution is -2.14. The van der Waals surface area contributed by atoms with Crippen molar-refractivity contribution in [3.05, 3.63) is 0 Å². The number of carbonyl (C=O) groups is 2. The fourth-order valence-electron chi connectivity index (χ4n) is 1.87. The first-order valence-electron chi connectivity index (χ1n) is 9.47. The maximum Gasteiger partial charge on any atom is 0.303 e. The van der Waals surface area contributed by atoms with Crippen molar-refractivity contribution in [2.45, 2.75) is 85.5 Å². The Balaban J connectivity index is -0.000000304. The van der Waals surface area contributed by atoms with Gasteiger partial charge in [0.1, 0.15) is 0 Å². The molecule has 0 saturated carbocycles. The highest BCUT2D eigenvalue weighted by Crippen LogP contribution is 2.17. The molecule has 2 unspecified atom stereocenters. The van der Waals surface area contributed by atoms with Gasteiger partial charge in [-0.15, -0.1) is 0 Å². The minimum atomic E-state index is -0.693. The molecule has 0 aromatic rings. The maximum absolute atomic E-state index is 9.76. The van der Waals surface area contributed by atoms with Gasteiger partial charge in [0.2, 0.25) is 0 Å². The van der Waals surface area contributed by atoms with E-state index in [2.05, 4.69) is 13.8 Å². The van der Waals surface area contributed by atoms with Crippen LogP contribution in [0.15, 0.2) is 0 Å². The van der Waals surface area contributed by atoms with E-state index in [-0.39, 0.29) is 13.2 Å². The number of hydrogen-bond acceptors (Lipinski definition) is 4. The van der Waals surface area contributed by atoms with Gasteiger partial charge >= 0.3 is 11.9 Å². The Labute approximate surface area is 153 Å². The molecule has 0 aromatic heterocycles. The molecule has 0 aliphatic heterocycles. The van der Waals surface area contributed by atoms with E-state index >= 15 is 0 Å². The molecule has 2 atom stereocenters. The van der Waals surface area contributed by atoms with Gasteiger partial charge in [-0.25, -0.2) is 0 Å². The summed E-state index contributed by atoms with van der Waals surface area (Å²) in [4.78, 5) is 19.5. The number of rotatable bonds is 12. The van der Waals surface area contributed by atoms with Crippen LogP contribution in [0.1, 0.15) is 85.5 Å². The second-order valence-corrected chi connectivity index (χ2v) is 6.14. The third-order valence-electron chi connectivity index (χ3n) is 3.83. The van der Waals surface area contributed by atoms with Gasteiger partial charge in [0.05, 0.1) is 0 Å². The molecule has 0 aliphatic rings. The molecule has 6 heteroatoms. The number of hydrogen-bond donors (Lipinski definition) is 4. The highest BCUT2D eigenvalue weighted by Gasteiger charge is 2.11. The summed E-state index contributed by atoms with van der Waals surface area (Å²) in [5, 5.41) is 33.9. The van der Waals surface area contributed by atoms with Crippen LogP contribution in [0, 0.1) is 11.8 Å². The monoisotopic (exact) mass is 364 g/mol. The highest BCUT2D eigenvalue weighted by molar-refractivity contribution is 5.66. The van der Waals surface area contributed by atoms with E-state index in [1.165, 1.54) is 0 Å². The summed E-state index contributed by atoms with van der Waals surface area (Å²) in [6, 6.07) is 0. The number of aliphatic carboxylic acids is 2. The zero-order chi connectivity index (χ0) is 20.1. The van der Waals surface area contributed by atoms with Gasteiger partial charge in [-0.1, -0.05) is 53.4 Å². The fourth-order valence-corrected chi connectivity index (χ4v) is 1.87.